The molecule has 2 N–H and O–H groups in total. The highest BCUT2D eigenvalue weighted by atomic mass is 32.2. The largest absolute Gasteiger partial charge is 0.337 e. The predicted molar refractivity (Wildman–Crippen MR) is 111 cm³/mol. The topological polar surface area (TPSA) is 101 Å². The molecule has 0 fully saturated rings. The van der Waals surface area contributed by atoms with Crippen molar-refractivity contribution in [3.63, 3.8) is 0 Å². The number of anilines is 1. The van der Waals surface area contributed by atoms with Crippen LogP contribution in [0.5, 0.6) is 0 Å². The Kier molecular flexibility index (Phi) is 5.86. The van der Waals surface area contributed by atoms with Gasteiger partial charge in [-0.3, -0.25) is 10.1 Å². The van der Waals surface area contributed by atoms with Crippen molar-refractivity contribution in [2.45, 2.75) is 39.1 Å². The van der Waals surface area contributed by atoms with E-state index in [-0.39, 0.29) is 23.2 Å². The lowest BCUT2D eigenvalue weighted by Gasteiger charge is -2.12. The van der Waals surface area contributed by atoms with Gasteiger partial charge < -0.3 is 4.52 Å². The van der Waals surface area contributed by atoms with Crippen molar-refractivity contribution in [1.29, 1.82) is 0 Å². The Balaban J connectivity index is 1.94. The van der Waals surface area contributed by atoms with E-state index in [1.54, 1.807) is 32.0 Å². The van der Waals surface area contributed by atoms with Crippen LogP contribution in [-0.4, -0.2) is 19.5 Å². The van der Waals surface area contributed by atoms with Gasteiger partial charge in [-0.05, 0) is 43.5 Å². The van der Waals surface area contributed by atoms with Crippen LogP contribution in [0.25, 0.3) is 11.1 Å². The highest BCUT2D eigenvalue weighted by Gasteiger charge is 2.21. The third-order valence-electron chi connectivity index (χ3n) is 4.51. The average Bonchev–Trinajstić information content (AvgIpc) is 3.01. The Bertz CT molecular complexity index is 1150. The lowest BCUT2D eigenvalue weighted by atomic mass is 10.0. The molecule has 0 aliphatic heterocycles. The van der Waals surface area contributed by atoms with Gasteiger partial charge in [0.25, 0.3) is 0 Å². The first-order valence-electron chi connectivity index (χ1n) is 9.07. The van der Waals surface area contributed by atoms with E-state index in [4.69, 9.17) is 4.52 Å². The van der Waals surface area contributed by atoms with E-state index in [1.807, 2.05) is 31.2 Å². The van der Waals surface area contributed by atoms with Crippen molar-refractivity contribution >= 4 is 21.8 Å². The van der Waals surface area contributed by atoms with Crippen LogP contribution >= 0.6 is 0 Å². The summed E-state index contributed by atoms with van der Waals surface area (Å²) < 4.78 is 33.7. The number of hydrogen-bond donors (Lipinski definition) is 2. The first-order valence-corrected chi connectivity index (χ1v) is 10.6. The van der Waals surface area contributed by atoms with Crippen LogP contribution in [0, 0.1) is 20.8 Å². The van der Waals surface area contributed by atoms with Crippen LogP contribution in [0.15, 0.2) is 51.9 Å². The summed E-state index contributed by atoms with van der Waals surface area (Å²) in [6.45, 7) is 7.00. The molecule has 0 saturated heterocycles. The van der Waals surface area contributed by atoms with Crippen molar-refractivity contribution in [3.05, 3.63) is 64.8 Å². The third-order valence-corrected chi connectivity index (χ3v) is 6.05. The van der Waals surface area contributed by atoms with E-state index >= 15 is 0 Å². The predicted octanol–water partition coefficient (Wildman–Crippen LogP) is 3.70. The third kappa shape index (κ3) is 4.72. The van der Waals surface area contributed by atoms with E-state index < -0.39 is 10.0 Å². The molecule has 2 aromatic carbocycles. The lowest BCUT2D eigenvalue weighted by Crippen LogP contribution is -2.24. The molecule has 0 saturated carbocycles. The summed E-state index contributed by atoms with van der Waals surface area (Å²) in [4.78, 5) is 11.6. The zero-order valence-electron chi connectivity index (χ0n) is 16.7. The maximum absolute atomic E-state index is 12.9. The second-order valence-corrected chi connectivity index (χ2v) is 8.68. The smallest absolute Gasteiger partial charge is 0.241 e. The number of aromatic nitrogens is 1. The Morgan fingerprint density at radius 3 is 2.41 bits per heavy atom. The summed E-state index contributed by atoms with van der Waals surface area (Å²) in [5.41, 5.74) is 4.29. The number of amides is 1. The number of benzene rings is 2. The van der Waals surface area contributed by atoms with Crippen LogP contribution in [-0.2, 0) is 21.4 Å². The molecule has 3 aromatic rings. The standard InChI is InChI=1S/C21H23N3O4S/c1-13-5-8-17(9-6-13)12-22-29(26,27)19-11-18(10-7-14(19)2)20-15(3)24-28-21(20)23-16(4)25/h5-11,22H,12H2,1-4H3,(H,23,25). The van der Waals surface area contributed by atoms with Crippen molar-refractivity contribution in [1.82, 2.24) is 9.88 Å². The number of rotatable bonds is 6. The molecule has 0 atom stereocenters. The van der Waals surface area contributed by atoms with E-state index in [1.165, 1.54) is 6.92 Å². The Labute approximate surface area is 170 Å². The Hall–Kier alpha value is -2.97. The average molecular weight is 413 g/mol. The van der Waals surface area contributed by atoms with E-state index in [0.29, 0.717) is 22.4 Å². The van der Waals surface area contributed by atoms with Gasteiger partial charge in [-0.15, -0.1) is 0 Å². The molecule has 29 heavy (non-hydrogen) atoms. The molecule has 0 bridgehead atoms. The normalized spacial score (nSPS) is 11.4. The molecule has 8 heteroatoms. The summed E-state index contributed by atoms with van der Waals surface area (Å²) in [6, 6.07) is 12.7. The summed E-state index contributed by atoms with van der Waals surface area (Å²) in [6.07, 6.45) is 0. The number of sulfonamides is 1. The molecule has 0 aliphatic carbocycles. The van der Waals surface area contributed by atoms with Gasteiger partial charge in [0.15, 0.2) is 0 Å². The number of nitrogens with one attached hydrogen (secondary N) is 2. The minimum Gasteiger partial charge on any atom is -0.337 e. The highest BCUT2D eigenvalue weighted by Crippen LogP contribution is 2.33. The minimum absolute atomic E-state index is 0.163. The van der Waals surface area contributed by atoms with Gasteiger partial charge in [-0.25, -0.2) is 13.1 Å². The summed E-state index contributed by atoms with van der Waals surface area (Å²) in [5.74, 6) is -0.114. The van der Waals surface area contributed by atoms with Gasteiger partial charge in [0.1, 0.15) is 0 Å². The van der Waals surface area contributed by atoms with E-state index in [0.717, 1.165) is 11.1 Å². The monoisotopic (exact) mass is 413 g/mol. The fourth-order valence-electron chi connectivity index (χ4n) is 2.96. The zero-order valence-corrected chi connectivity index (χ0v) is 17.6. The molecule has 1 aromatic heterocycles. The van der Waals surface area contributed by atoms with Gasteiger partial charge in [-0.1, -0.05) is 47.1 Å². The number of aryl methyl sites for hydroxylation is 3. The summed E-state index contributed by atoms with van der Waals surface area (Å²) in [7, 11) is -3.75. The molecule has 0 unspecified atom stereocenters. The molecule has 1 amide bonds. The number of carbonyl (C=O) groups excluding carboxylic acids is 1. The molecular formula is C21H23N3O4S. The van der Waals surface area contributed by atoms with E-state index in [2.05, 4.69) is 15.2 Å². The Morgan fingerprint density at radius 2 is 1.76 bits per heavy atom. The number of hydrogen-bond acceptors (Lipinski definition) is 5. The SMILES string of the molecule is CC(=O)Nc1onc(C)c1-c1ccc(C)c(S(=O)(=O)NCc2ccc(C)cc2)c1. The fraction of sp³-hybridized carbons (Fsp3) is 0.238. The first-order chi connectivity index (χ1) is 13.7. The van der Waals surface area contributed by atoms with Gasteiger partial charge in [0.05, 0.1) is 16.2 Å². The number of carbonyl (C=O) groups is 1. The Morgan fingerprint density at radius 1 is 1.07 bits per heavy atom. The van der Waals surface area contributed by atoms with Crippen LogP contribution < -0.4 is 10.0 Å². The van der Waals surface area contributed by atoms with Crippen LogP contribution in [0.4, 0.5) is 5.88 Å². The molecule has 7 nitrogen and oxygen atoms in total. The van der Waals surface area contributed by atoms with Crippen LogP contribution in [0.3, 0.4) is 0 Å². The molecular weight excluding hydrogens is 390 g/mol. The second-order valence-electron chi connectivity index (χ2n) is 6.94. The lowest BCUT2D eigenvalue weighted by molar-refractivity contribution is -0.114. The second kappa shape index (κ2) is 8.18. The first kappa shape index (κ1) is 20.8. The number of nitrogens with zero attached hydrogens (tertiary/aromatic N) is 1. The molecule has 152 valence electrons. The fourth-order valence-corrected chi connectivity index (χ4v) is 4.25. The minimum atomic E-state index is -3.75. The van der Waals surface area contributed by atoms with Gasteiger partial charge in [0, 0.05) is 13.5 Å². The molecule has 1 heterocycles. The molecule has 0 aliphatic rings. The molecule has 3 rings (SSSR count). The summed E-state index contributed by atoms with van der Waals surface area (Å²) in [5, 5.41) is 6.47. The van der Waals surface area contributed by atoms with Crippen molar-refractivity contribution in [3.8, 4) is 11.1 Å². The van der Waals surface area contributed by atoms with Gasteiger partial charge >= 0.3 is 0 Å². The van der Waals surface area contributed by atoms with E-state index in [9.17, 15) is 13.2 Å². The maximum Gasteiger partial charge on any atom is 0.241 e. The molecule has 0 spiro atoms. The quantitative estimate of drug-likeness (QED) is 0.642. The van der Waals surface area contributed by atoms with Crippen LogP contribution in [0.2, 0.25) is 0 Å². The molecule has 0 radical (unpaired) electrons. The maximum atomic E-state index is 12.9. The summed E-state index contributed by atoms with van der Waals surface area (Å²) >= 11 is 0. The van der Waals surface area contributed by atoms with Crippen LogP contribution in [0.1, 0.15) is 29.3 Å². The zero-order chi connectivity index (χ0) is 21.2. The highest BCUT2D eigenvalue weighted by molar-refractivity contribution is 7.89. The van der Waals surface area contributed by atoms with Crippen molar-refractivity contribution in [2.24, 2.45) is 0 Å². The van der Waals surface area contributed by atoms with Gasteiger partial charge in [0.2, 0.25) is 21.8 Å². The van der Waals surface area contributed by atoms with Crippen molar-refractivity contribution in [2.75, 3.05) is 5.32 Å². The van der Waals surface area contributed by atoms with Gasteiger partial charge in [-0.2, -0.15) is 0 Å². The van der Waals surface area contributed by atoms with Crippen molar-refractivity contribution < 1.29 is 17.7 Å².